The van der Waals surface area contributed by atoms with E-state index in [1.54, 1.807) is 37.6 Å². The van der Waals surface area contributed by atoms with E-state index >= 15 is 0 Å². The largest absolute Gasteiger partial charge is 0.355 e. The molecule has 2 heterocycles. The number of fused-ring (bicyclic) bond motifs is 1. The molecule has 0 unspecified atom stereocenters. The Kier molecular flexibility index (Phi) is 4.03. The number of thiazole rings is 1. The molecule has 1 aromatic carbocycles. The van der Waals surface area contributed by atoms with Crippen LogP contribution in [-0.4, -0.2) is 28.8 Å². The monoisotopic (exact) mass is 326 g/mol. The Morgan fingerprint density at radius 1 is 1.22 bits per heavy atom. The molecule has 0 saturated heterocycles. The number of rotatable bonds is 3. The zero-order valence-corrected chi connectivity index (χ0v) is 13.4. The lowest BCUT2D eigenvalue weighted by atomic mass is 10.2. The van der Waals surface area contributed by atoms with Gasteiger partial charge in [-0.05, 0) is 24.3 Å². The molecule has 3 rings (SSSR count). The summed E-state index contributed by atoms with van der Waals surface area (Å²) in [6, 6.07) is 7.12. The van der Waals surface area contributed by atoms with Crippen LogP contribution in [0.1, 0.15) is 17.3 Å². The lowest BCUT2D eigenvalue weighted by Gasteiger charge is -2.06. The van der Waals surface area contributed by atoms with Crippen LogP contribution in [0.2, 0.25) is 0 Å². The minimum absolute atomic E-state index is 0.151. The molecule has 6 nitrogen and oxygen atoms in total. The van der Waals surface area contributed by atoms with Crippen molar-refractivity contribution in [3.05, 3.63) is 42.2 Å². The average Bonchev–Trinajstić information content (AvgIpc) is 2.96. The maximum atomic E-state index is 11.7. The van der Waals surface area contributed by atoms with Gasteiger partial charge in [-0.1, -0.05) is 0 Å². The highest BCUT2D eigenvalue weighted by atomic mass is 32.1. The Morgan fingerprint density at radius 3 is 2.78 bits per heavy atom. The van der Waals surface area contributed by atoms with Crippen LogP contribution in [0, 0.1) is 0 Å². The molecule has 0 aliphatic carbocycles. The van der Waals surface area contributed by atoms with Crippen molar-refractivity contribution in [2.75, 3.05) is 12.4 Å². The smallest absolute Gasteiger partial charge is 0.251 e. The number of hydrogen-bond acceptors (Lipinski definition) is 5. The summed E-state index contributed by atoms with van der Waals surface area (Å²) in [6.07, 6.45) is 3.29. The quantitative estimate of drug-likeness (QED) is 0.775. The summed E-state index contributed by atoms with van der Waals surface area (Å²) in [5.74, 6) is -0.303. The number of carbonyl (C=O) groups excluding carboxylic acids is 2. The summed E-state index contributed by atoms with van der Waals surface area (Å²) < 4.78 is 0.963. The third kappa shape index (κ3) is 3.04. The summed E-state index contributed by atoms with van der Waals surface area (Å²) >= 11 is 1.49. The number of hydrogen-bond donors (Lipinski definition) is 2. The van der Waals surface area contributed by atoms with Crippen molar-refractivity contribution < 1.29 is 9.59 Å². The first kappa shape index (κ1) is 15.1. The van der Waals surface area contributed by atoms with Gasteiger partial charge in [0.25, 0.3) is 5.91 Å². The second-order valence-electron chi connectivity index (χ2n) is 4.88. The van der Waals surface area contributed by atoms with Crippen LogP contribution in [-0.2, 0) is 4.79 Å². The standard InChI is InChI=1S/C16H14N4O2S/c1-9(21)19-12-5-6-18-8-11(12)16-20-13-7-10(15(22)17-2)3-4-14(13)23-16/h3-8H,1-2H3,(H,17,22)(H,18,19,21). The molecule has 2 aromatic heterocycles. The van der Waals surface area contributed by atoms with Crippen LogP contribution in [0.15, 0.2) is 36.7 Å². The molecule has 0 spiro atoms. The van der Waals surface area contributed by atoms with E-state index < -0.39 is 0 Å². The molecular weight excluding hydrogens is 312 g/mol. The van der Waals surface area contributed by atoms with Crippen molar-refractivity contribution in [2.24, 2.45) is 0 Å². The first-order valence-corrected chi connectivity index (χ1v) is 7.75. The molecule has 0 aliphatic heterocycles. The zero-order chi connectivity index (χ0) is 16.4. The third-order valence-electron chi connectivity index (χ3n) is 3.24. The van der Waals surface area contributed by atoms with Crippen LogP contribution in [0.3, 0.4) is 0 Å². The van der Waals surface area contributed by atoms with Gasteiger partial charge >= 0.3 is 0 Å². The lowest BCUT2D eigenvalue weighted by molar-refractivity contribution is -0.114. The van der Waals surface area contributed by atoms with Crippen molar-refractivity contribution in [1.29, 1.82) is 0 Å². The number of amides is 2. The van der Waals surface area contributed by atoms with Gasteiger partial charge in [-0.2, -0.15) is 0 Å². The molecule has 0 fully saturated rings. The molecule has 0 bridgehead atoms. The Hall–Kier alpha value is -2.80. The zero-order valence-electron chi connectivity index (χ0n) is 12.6. The van der Waals surface area contributed by atoms with Crippen LogP contribution < -0.4 is 10.6 Å². The first-order valence-electron chi connectivity index (χ1n) is 6.93. The van der Waals surface area contributed by atoms with Gasteiger partial charge in [0.15, 0.2) is 0 Å². The van der Waals surface area contributed by atoms with Gasteiger partial charge in [0.2, 0.25) is 5.91 Å². The predicted molar refractivity (Wildman–Crippen MR) is 90.5 cm³/mol. The molecular formula is C16H14N4O2S. The molecule has 0 atom stereocenters. The minimum Gasteiger partial charge on any atom is -0.355 e. The van der Waals surface area contributed by atoms with E-state index in [1.807, 2.05) is 6.07 Å². The van der Waals surface area contributed by atoms with Crippen molar-refractivity contribution in [3.8, 4) is 10.6 Å². The second kappa shape index (κ2) is 6.13. The van der Waals surface area contributed by atoms with Crippen molar-refractivity contribution in [3.63, 3.8) is 0 Å². The van der Waals surface area contributed by atoms with Crippen LogP contribution in [0.4, 0.5) is 5.69 Å². The van der Waals surface area contributed by atoms with Crippen molar-refractivity contribution in [2.45, 2.75) is 6.92 Å². The molecule has 2 N–H and O–H groups in total. The van der Waals surface area contributed by atoms with Gasteiger partial charge in [0, 0.05) is 31.9 Å². The number of nitrogens with one attached hydrogen (secondary N) is 2. The van der Waals surface area contributed by atoms with Crippen LogP contribution in [0.5, 0.6) is 0 Å². The number of aromatic nitrogens is 2. The van der Waals surface area contributed by atoms with Gasteiger partial charge in [-0.15, -0.1) is 11.3 Å². The maximum Gasteiger partial charge on any atom is 0.251 e. The van der Waals surface area contributed by atoms with E-state index in [0.29, 0.717) is 11.3 Å². The third-order valence-corrected chi connectivity index (χ3v) is 4.31. The lowest BCUT2D eigenvalue weighted by Crippen LogP contribution is -2.17. The number of pyridine rings is 1. The summed E-state index contributed by atoms with van der Waals surface area (Å²) in [7, 11) is 1.59. The van der Waals surface area contributed by atoms with Crippen LogP contribution in [0.25, 0.3) is 20.8 Å². The van der Waals surface area contributed by atoms with E-state index in [0.717, 1.165) is 20.8 Å². The Morgan fingerprint density at radius 2 is 2.04 bits per heavy atom. The van der Waals surface area contributed by atoms with E-state index in [9.17, 15) is 9.59 Å². The Labute approximate surface area is 136 Å². The molecule has 2 amide bonds. The average molecular weight is 326 g/mol. The summed E-state index contributed by atoms with van der Waals surface area (Å²) in [5.41, 5.74) is 2.72. The first-order chi connectivity index (χ1) is 11.1. The van der Waals surface area contributed by atoms with E-state index in [4.69, 9.17) is 0 Å². The predicted octanol–water partition coefficient (Wildman–Crippen LogP) is 2.68. The van der Waals surface area contributed by atoms with Crippen LogP contribution >= 0.6 is 11.3 Å². The maximum absolute atomic E-state index is 11.7. The fourth-order valence-corrected chi connectivity index (χ4v) is 3.16. The summed E-state index contributed by atoms with van der Waals surface area (Å²) in [4.78, 5) is 31.7. The number of nitrogens with zero attached hydrogens (tertiary/aromatic N) is 2. The highest BCUT2D eigenvalue weighted by molar-refractivity contribution is 7.21. The molecule has 0 aliphatic rings. The molecule has 0 saturated carbocycles. The van der Waals surface area contributed by atoms with E-state index in [1.165, 1.54) is 18.3 Å². The van der Waals surface area contributed by atoms with Crippen molar-refractivity contribution in [1.82, 2.24) is 15.3 Å². The van der Waals surface area contributed by atoms with Gasteiger partial charge in [0.05, 0.1) is 21.5 Å². The fraction of sp³-hybridized carbons (Fsp3) is 0.125. The van der Waals surface area contributed by atoms with Gasteiger partial charge in [0.1, 0.15) is 5.01 Å². The molecule has 116 valence electrons. The Bertz CT molecular complexity index is 904. The van der Waals surface area contributed by atoms with Gasteiger partial charge in [-0.25, -0.2) is 4.98 Å². The fourth-order valence-electron chi connectivity index (χ4n) is 2.19. The van der Waals surface area contributed by atoms with E-state index in [-0.39, 0.29) is 11.8 Å². The number of anilines is 1. The highest BCUT2D eigenvalue weighted by Gasteiger charge is 2.13. The van der Waals surface area contributed by atoms with Gasteiger partial charge < -0.3 is 10.6 Å². The Balaban J connectivity index is 2.07. The molecule has 7 heteroatoms. The topological polar surface area (TPSA) is 84.0 Å². The summed E-state index contributed by atoms with van der Waals surface area (Å²) in [5, 5.41) is 6.11. The molecule has 23 heavy (non-hydrogen) atoms. The SMILES string of the molecule is CNC(=O)c1ccc2sc(-c3cnccc3NC(C)=O)nc2c1. The number of benzene rings is 1. The second-order valence-corrected chi connectivity index (χ2v) is 5.91. The number of carbonyl (C=O) groups is 2. The van der Waals surface area contributed by atoms with Gasteiger partial charge in [-0.3, -0.25) is 14.6 Å². The van der Waals surface area contributed by atoms with E-state index in [2.05, 4.69) is 20.6 Å². The highest BCUT2D eigenvalue weighted by Crippen LogP contribution is 2.34. The van der Waals surface area contributed by atoms with Crippen molar-refractivity contribution >= 4 is 39.1 Å². The molecule has 0 radical (unpaired) electrons. The minimum atomic E-state index is -0.152. The molecule has 3 aromatic rings. The summed E-state index contributed by atoms with van der Waals surface area (Å²) in [6.45, 7) is 1.46. The normalized spacial score (nSPS) is 10.5.